The van der Waals surface area contributed by atoms with Gasteiger partial charge in [0, 0.05) is 12.8 Å². The summed E-state index contributed by atoms with van der Waals surface area (Å²) in [7, 11) is 0. The molecule has 0 N–H and O–H groups in total. The van der Waals surface area contributed by atoms with E-state index in [9.17, 15) is 4.79 Å². The summed E-state index contributed by atoms with van der Waals surface area (Å²) >= 11 is 0. The molecular weight excluding hydrogens is 148 g/mol. The van der Waals surface area contributed by atoms with Crippen molar-refractivity contribution in [1.82, 2.24) is 0 Å². The molecular formula is C11H20O. The van der Waals surface area contributed by atoms with Gasteiger partial charge < -0.3 is 0 Å². The lowest BCUT2D eigenvalue weighted by Crippen LogP contribution is -1.85. The Kier molecular flexibility index (Phi) is 5.05. The van der Waals surface area contributed by atoms with Gasteiger partial charge in [-0.1, -0.05) is 38.5 Å². The summed E-state index contributed by atoms with van der Waals surface area (Å²) in [5.41, 5.74) is 0. The van der Waals surface area contributed by atoms with Crippen LogP contribution in [0.15, 0.2) is 0 Å². The van der Waals surface area contributed by atoms with Gasteiger partial charge in [-0.05, 0) is 12.8 Å². The monoisotopic (exact) mass is 168 g/mol. The average Bonchev–Trinajstić information content (AvgIpc) is 2.60. The number of carbonyl (C=O) groups is 1. The summed E-state index contributed by atoms with van der Waals surface area (Å²) in [6.45, 7) is 0. The molecule has 2 rings (SSSR count). The molecule has 2 aliphatic rings. The van der Waals surface area contributed by atoms with Crippen molar-refractivity contribution in [3.05, 3.63) is 0 Å². The predicted octanol–water partition coefficient (Wildman–Crippen LogP) is 3.47. The SMILES string of the molecule is C1CCCCC1.O=C1CCCC1. The molecule has 1 nitrogen and oxygen atoms in total. The molecule has 2 saturated carbocycles. The van der Waals surface area contributed by atoms with Gasteiger partial charge in [0.15, 0.2) is 0 Å². The van der Waals surface area contributed by atoms with Crippen molar-refractivity contribution >= 4 is 5.78 Å². The normalized spacial score (nSPS) is 23.2. The maximum Gasteiger partial charge on any atom is 0.132 e. The Hall–Kier alpha value is -0.330. The van der Waals surface area contributed by atoms with E-state index in [4.69, 9.17) is 0 Å². The lowest BCUT2D eigenvalue weighted by Gasteiger charge is -2.05. The second-order valence-corrected chi connectivity index (χ2v) is 3.87. The van der Waals surface area contributed by atoms with Crippen LogP contribution < -0.4 is 0 Å². The molecule has 0 amide bonds. The first-order valence-corrected chi connectivity index (χ1v) is 5.41. The Bertz CT molecular complexity index is 105. The second-order valence-electron chi connectivity index (χ2n) is 3.87. The summed E-state index contributed by atoms with van der Waals surface area (Å²) in [6, 6.07) is 0. The van der Waals surface area contributed by atoms with E-state index in [1.54, 1.807) is 0 Å². The van der Waals surface area contributed by atoms with Crippen LogP contribution in [-0.2, 0) is 4.79 Å². The van der Waals surface area contributed by atoms with Crippen LogP contribution in [0.2, 0.25) is 0 Å². The van der Waals surface area contributed by atoms with Gasteiger partial charge in [-0.2, -0.15) is 0 Å². The van der Waals surface area contributed by atoms with Gasteiger partial charge in [0.1, 0.15) is 5.78 Å². The molecule has 0 heterocycles. The number of hydrogen-bond donors (Lipinski definition) is 0. The third-order valence-corrected chi connectivity index (χ3v) is 2.66. The van der Waals surface area contributed by atoms with Crippen molar-refractivity contribution in [1.29, 1.82) is 0 Å². The van der Waals surface area contributed by atoms with Crippen molar-refractivity contribution in [3.63, 3.8) is 0 Å². The number of Topliss-reactive ketones (excluding diaryl/α,β-unsaturated/α-hetero) is 1. The molecule has 0 aromatic carbocycles. The van der Waals surface area contributed by atoms with Crippen LogP contribution in [0, 0.1) is 0 Å². The second kappa shape index (κ2) is 6.22. The van der Waals surface area contributed by atoms with Crippen molar-refractivity contribution in [2.75, 3.05) is 0 Å². The molecule has 1 heteroatoms. The molecule has 0 atom stereocenters. The Morgan fingerprint density at radius 3 is 1.08 bits per heavy atom. The summed E-state index contributed by atoms with van der Waals surface area (Å²) in [4.78, 5) is 10.2. The van der Waals surface area contributed by atoms with E-state index in [0.29, 0.717) is 5.78 Å². The van der Waals surface area contributed by atoms with E-state index in [1.807, 2.05) is 0 Å². The Labute approximate surface area is 75.5 Å². The highest BCUT2D eigenvalue weighted by Gasteiger charge is 2.07. The largest absolute Gasteiger partial charge is 0.300 e. The third-order valence-electron chi connectivity index (χ3n) is 2.66. The van der Waals surface area contributed by atoms with Gasteiger partial charge in [-0.3, -0.25) is 4.79 Å². The van der Waals surface area contributed by atoms with Gasteiger partial charge >= 0.3 is 0 Å². The molecule has 0 aromatic heterocycles. The average molecular weight is 168 g/mol. The highest BCUT2D eigenvalue weighted by atomic mass is 16.1. The Morgan fingerprint density at radius 1 is 0.583 bits per heavy atom. The van der Waals surface area contributed by atoms with Gasteiger partial charge in [0.2, 0.25) is 0 Å². The van der Waals surface area contributed by atoms with Crippen molar-refractivity contribution in [2.24, 2.45) is 0 Å². The zero-order chi connectivity index (χ0) is 8.65. The lowest BCUT2D eigenvalue weighted by molar-refractivity contribution is -0.117. The minimum absolute atomic E-state index is 0.454. The summed E-state index contributed by atoms with van der Waals surface area (Å²) in [5.74, 6) is 0.454. The minimum Gasteiger partial charge on any atom is -0.300 e. The predicted molar refractivity (Wildman–Crippen MR) is 51.2 cm³/mol. The number of rotatable bonds is 0. The molecule has 0 saturated heterocycles. The van der Waals surface area contributed by atoms with E-state index in [2.05, 4.69) is 0 Å². The zero-order valence-electron chi connectivity index (χ0n) is 7.98. The molecule has 0 bridgehead atoms. The van der Waals surface area contributed by atoms with E-state index < -0.39 is 0 Å². The highest BCUT2D eigenvalue weighted by Crippen LogP contribution is 2.15. The van der Waals surface area contributed by atoms with E-state index in [-0.39, 0.29) is 0 Å². The van der Waals surface area contributed by atoms with Gasteiger partial charge in [-0.25, -0.2) is 0 Å². The molecule has 2 aliphatic carbocycles. The summed E-state index contributed by atoms with van der Waals surface area (Å²) in [5, 5.41) is 0. The summed E-state index contributed by atoms with van der Waals surface area (Å²) in [6.07, 6.45) is 13.0. The van der Waals surface area contributed by atoms with E-state index in [1.165, 1.54) is 38.5 Å². The zero-order valence-corrected chi connectivity index (χ0v) is 7.98. The fourth-order valence-corrected chi connectivity index (χ4v) is 1.83. The molecule has 0 spiro atoms. The van der Waals surface area contributed by atoms with E-state index >= 15 is 0 Å². The topological polar surface area (TPSA) is 17.1 Å². The quantitative estimate of drug-likeness (QED) is 0.541. The van der Waals surface area contributed by atoms with Crippen LogP contribution in [0.25, 0.3) is 0 Å². The number of ketones is 1. The lowest BCUT2D eigenvalue weighted by atomic mass is 10.0. The summed E-state index contributed by atoms with van der Waals surface area (Å²) < 4.78 is 0. The van der Waals surface area contributed by atoms with Gasteiger partial charge in [-0.15, -0.1) is 0 Å². The fourth-order valence-electron chi connectivity index (χ4n) is 1.83. The van der Waals surface area contributed by atoms with E-state index in [0.717, 1.165) is 25.7 Å². The molecule has 70 valence electrons. The minimum atomic E-state index is 0.454. The van der Waals surface area contributed by atoms with Crippen LogP contribution in [0.4, 0.5) is 0 Å². The molecule has 12 heavy (non-hydrogen) atoms. The molecule has 0 aromatic rings. The van der Waals surface area contributed by atoms with Crippen LogP contribution in [0.3, 0.4) is 0 Å². The van der Waals surface area contributed by atoms with Crippen molar-refractivity contribution in [3.8, 4) is 0 Å². The van der Waals surface area contributed by atoms with Crippen LogP contribution in [0.1, 0.15) is 64.2 Å². The molecule has 0 unspecified atom stereocenters. The molecule has 2 fully saturated rings. The van der Waals surface area contributed by atoms with Gasteiger partial charge in [0.05, 0.1) is 0 Å². The van der Waals surface area contributed by atoms with Crippen molar-refractivity contribution in [2.45, 2.75) is 64.2 Å². The van der Waals surface area contributed by atoms with Crippen LogP contribution in [0.5, 0.6) is 0 Å². The fraction of sp³-hybridized carbons (Fsp3) is 0.909. The molecule has 0 radical (unpaired) electrons. The first kappa shape index (κ1) is 9.76. The third kappa shape index (κ3) is 4.53. The molecule has 0 aliphatic heterocycles. The Balaban J connectivity index is 0.000000120. The highest BCUT2D eigenvalue weighted by molar-refractivity contribution is 5.79. The van der Waals surface area contributed by atoms with Crippen LogP contribution in [-0.4, -0.2) is 5.78 Å². The standard InChI is InChI=1S/C6H12.C5H8O/c1-2-4-6-5-3-1;6-5-3-1-2-4-5/h1-6H2;1-4H2. The maximum atomic E-state index is 10.2. The first-order chi connectivity index (χ1) is 5.89. The maximum absolute atomic E-state index is 10.2. The smallest absolute Gasteiger partial charge is 0.132 e. The first-order valence-electron chi connectivity index (χ1n) is 5.41. The number of hydrogen-bond acceptors (Lipinski definition) is 1. The van der Waals surface area contributed by atoms with Crippen LogP contribution >= 0.6 is 0 Å². The Morgan fingerprint density at radius 2 is 0.917 bits per heavy atom. The van der Waals surface area contributed by atoms with Gasteiger partial charge in [0.25, 0.3) is 0 Å². The number of carbonyl (C=O) groups excluding carboxylic acids is 1. The van der Waals surface area contributed by atoms with Crippen molar-refractivity contribution < 1.29 is 4.79 Å².